The molecule has 1 fully saturated rings. The normalized spacial score (nSPS) is 18.3. The summed E-state index contributed by atoms with van der Waals surface area (Å²) < 4.78 is 27.6. The van der Waals surface area contributed by atoms with Gasteiger partial charge in [-0.1, -0.05) is 11.6 Å². The summed E-state index contributed by atoms with van der Waals surface area (Å²) in [7, 11) is -2.11. The van der Waals surface area contributed by atoms with E-state index in [1.807, 2.05) is 0 Å². The molecular formula is C9H15ClN4O2S. The Labute approximate surface area is 105 Å². The molecule has 2 rings (SSSR count). The van der Waals surface area contributed by atoms with Crippen molar-refractivity contribution in [1.82, 2.24) is 14.5 Å². The van der Waals surface area contributed by atoms with Gasteiger partial charge in [-0.25, -0.2) is 13.1 Å². The third-order valence-corrected chi connectivity index (χ3v) is 4.76. The molecule has 1 saturated carbocycles. The van der Waals surface area contributed by atoms with E-state index < -0.39 is 10.0 Å². The van der Waals surface area contributed by atoms with Crippen molar-refractivity contribution in [3.8, 4) is 0 Å². The fourth-order valence-electron chi connectivity index (χ4n) is 1.67. The van der Waals surface area contributed by atoms with Crippen molar-refractivity contribution < 1.29 is 8.42 Å². The Morgan fingerprint density at radius 3 is 2.82 bits per heavy atom. The van der Waals surface area contributed by atoms with Gasteiger partial charge >= 0.3 is 0 Å². The van der Waals surface area contributed by atoms with E-state index in [0.29, 0.717) is 5.92 Å². The zero-order valence-electron chi connectivity index (χ0n) is 9.43. The summed E-state index contributed by atoms with van der Waals surface area (Å²) in [6, 6.07) is -0.128. The van der Waals surface area contributed by atoms with E-state index in [1.54, 1.807) is 0 Å². The minimum Gasteiger partial charge on any atom is -0.326 e. The second-order valence-electron chi connectivity index (χ2n) is 4.27. The molecule has 1 aromatic heterocycles. The SMILES string of the molecule is Cn1ncc(Cl)c1S(=O)(=O)NCC(N)C1CC1. The molecule has 1 aromatic rings. The van der Waals surface area contributed by atoms with E-state index in [-0.39, 0.29) is 22.6 Å². The minimum atomic E-state index is -3.64. The summed E-state index contributed by atoms with van der Waals surface area (Å²) in [5.41, 5.74) is 5.83. The molecule has 1 aliphatic rings. The van der Waals surface area contributed by atoms with Gasteiger partial charge in [0.2, 0.25) is 0 Å². The van der Waals surface area contributed by atoms with Crippen LogP contribution in [0.5, 0.6) is 0 Å². The molecule has 1 atom stereocenters. The Morgan fingerprint density at radius 1 is 1.71 bits per heavy atom. The van der Waals surface area contributed by atoms with Crippen LogP contribution in [0.25, 0.3) is 0 Å². The van der Waals surface area contributed by atoms with Crippen LogP contribution in [-0.2, 0) is 17.1 Å². The van der Waals surface area contributed by atoms with Crippen LogP contribution in [0.1, 0.15) is 12.8 Å². The maximum Gasteiger partial charge on any atom is 0.259 e. The Kier molecular flexibility index (Phi) is 3.44. The first-order chi connectivity index (χ1) is 7.92. The van der Waals surface area contributed by atoms with E-state index in [1.165, 1.54) is 17.9 Å². The lowest BCUT2D eigenvalue weighted by atomic mass is 10.2. The number of hydrogen-bond acceptors (Lipinski definition) is 4. The van der Waals surface area contributed by atoms with Gasteiger partial charge in [0, 0.05) is 19.6 Å². The van der Waals surface area contributed by atoms with Crippen molar-refractivity contribution >= 4 is 21.6 Å². The maximum absolute atomic E-state index is 12.0. The summed E-state index contributed by atoms with van der Waals surface area (Å²) in [4.78, 5) is 0. The van der Waals surface area contributed by atoms with Crippen LogP contribution in [0.15, 0.2) is 11.2 Å². The number of halogens is 1. The fourth-order valence-corrected chi connectivity index (χ4v) is 3.39. The highest BCUT2D eigenvalue weighted by molar-refractivity contribution is 7.89. The number of nitrogens with one attached hydrogen (secondary N) is 1. The molecule has 96 valence electrons. The van der Waals surface area contributed by atoms with Gasteiger partial charge in [0.1, 0.15) is 0 Å². The Balaban J connectivity index is 2.08. The van der Waals surface area contributed by atoms with Crippen molar-refractivity contribution in [2.45, 2.75) is 23.9 Å². The van der Waals surface area contributed by atoms with E-state index in [4.69, 9.17) is 17.3 Å². The summed E-state index contributed by atoms with van der Waals surface area (Å²) >= 11 is 5.79. The van der Waals surface area contributed by atoms with Crippen LogP contribution < -0.4 is 10.5 Å². The van der Waals surface area contributed by atoms with E-state index in [2.05, 4.69) is 9.82 Å². The highest BCUT2D eigenvalue weighted by Gasteiger charge is 2.30. The van der Waals surface area contributed by atoms with E-state index in [9.17, 15) is 8.42 Å². The second-order valence-corrected chi connectivity index (χ2v) is 6.36. The van der Waals surface area contributed by atoms with Gasteiger partial charge in [-0.15, -0.1) is 0 Å². The number of nitrogens with two attached hydrogens (primary N) is 1. The molecule has 1 unspecified atom stereocenters. The number of sulfonamides is 1. The molecule has 6 nitrogen and oxygen atoms in total. The highest BCUT2D eigenvalue weighted by atomic mass is 35.5. The predicted octanol–water partition coefficient (Wildman–Crippen LogP) is 0.0891. The monoisotopic (exact) mass is 278 g/mol. The third-order valence-electron chi connectivity index (χ3n) is 2.83. The van der Waals surface area contributed by atoms with Crippen LogP contribution in [0, 0.1) is 5.92 Å². The van der Waals surface area contributed by atoms with Gasteiger partial charge in [0.25, 0.3) is 10.0 Å². The molecule has 0 amide bonds. The average Bonchev–Trinajstić information content (AvgIpc) is 3.02. The largest absolute Gasteiger partial charge is 0.326 e. The average molecular weight is 279 g/mol. The third kappa shape index (κ3) is 2.79. The van der Waals surface area contributed by atoms with Gasteiger partial charge in [-0.2, -0.15) is 5.10 Å². The van der Waals surface area contributed by atoms with Crippen LogP contribution in [0.2, 0.25) is 5.02 Å². The fraction of sp³-hybridized carbons (Fsp3) is 0.667. The van der Waals surface area contributed by atoms with Gasteiger partial charge in [0.05, 0.1) is 11.2 Å². The van der Waals surface area contributed by atoms with Gasteiger partial charge < -0.3 is 5.73 Å². The molecule has 1 heterocycles. The second kappa shape index (κ2) is 4.56. The molecule has 0 bridgehead atoms. The lowest BCUT2D eigenvalue weighted by Crippen LogP contribution is -2.39. The standard InChI is InChI=1S/C9H15ClN4O2S/c1-14-9(7(10)4-12-14)17(15,16)13-5-8(11)6-2-3-6/h4,6,8,13H,2-3,5,11H2,1H3. The Morgan fingerprint density at radius 2 is 2.35 bits per heavy atom. The van der Waals surface area contributed by atoms with Crippen molar-refractivity contribution in [2.75, 3.05) is 6.54 Å². The van der Waals surface area contributed by atoms with Crippen molar-refractivity contribution in [3.05, 3.63) is 11.2 Å². The van der Waals surface area contributed by atoms with E-state index >= 15 is 0 Å². The molecule has 0 saturated heterocycles. The van der Waals surface area contributed by atoms with Gasteiger partial charge in [0.15, 0.2) is 5.03 Å². The zero-order chi connectivity index (χ0) is 12.6. The number of aromatic nitrogens is 2. The summed E-state index contributed by atoms with van der Waals surface area (Å²) in [6.07, 6.45) is 3.46. The molecule has 0 radical (unpaired) electrons. The molecule has 8 heteroatoms. The van der Waals surface area contributed by atoms with Gasteiger partial charge in [-0.05, 0) is 18.8 Å². The number of nitrogens with zero attached hydrogens (tertiary/aromatic N) is 2. The first kappa shape index (κ1) is 12.8. The number of rotatable bonds is 5. The van der Waals surface area contributed by atoms with E-state index in [0.717, 1.165) is 12.8 Å². The maximum atomic E-state index is 12.0. The first-order valence-electron chi connectivity index (χ1n) is 5.34. The molecule has 17 heavy (non-hydrogen) atoms. The topological polar surface area (TPSA) is 90.0 Å². The molecule has 1 aliphatic carbocycles. The predicted molar refractivity (Wildman–Crippen MR) is 64.1 cm³/mol. The van der Waals surface area contributed by atoms with Crippen LogP contribution in [0.3, 0.4) is 0 Å². The quantitative estimate of drug-likeness (QED) is 0.799. The van der Waals surface area contributed by atoms with Crippen molar-refractivity contribution in [2.24, 2.45) is 18.7 Å². The van der Waals surface area contributed by atoms with Crippen molar-refractivity contribution in [3.63, 3.8) is 0 Å². The van der Waals surface area contributed by atoms with Crippen LogP contribution >= 0.6 is 11.6 Å². The lowest BCUT2D eigenvalue weighted by Gasteiger charge is -2.12. The zero-order valence-corrected chi connectivity index (χ0v) is 11.0. The lowest BCUT2D eigenvalue weighted by molar-refractivity contribution is 0.537. The smallest absolute Gasteiger partial charge is 0.259 e. The van der Waals surface area contributed by atoms with Crippen LogP contribution in [-0.4, -0.2) is 30.8 Å². The number of hydrogen-bond donors (Lipinski definition) is 2. The molecule has 0 aliphatic heterocycles. The van der Waals surface area contributed by atoms with Crippen molar-refractivity contribution in [1.29, 1.82) is 0 Å². The summed E-state index contributed by atoms with van der Waals surface area (Å²) in [5.74, 6) is 0.444. The Hall–Kier alpha value is -0.630. The molecular weight excluding hydrogens is 264 g/mol. The molecule has 0 spiro atoms. The first-order valence-corrected chi connectivity index (χ1v) is 7.20. The molecule has 3 N–H and O–H groups in total. The molecule has 0 aromatic carbocycles. The number of aryl methyl sites for hydroxylation is 1. The minimum absolute atomic E-state index is 0.0258. The Bertz CT molecular complexity index is 490. The summed E-state index contributed by atoms with van der Waals surface area (Å²) in [5, 5.41) is 3.88. The highest BCUT2D eigenvalue weighted by Crippen LogP contribution is 2.31. The van der Waals surface area contributed by atoms with Gasteiger partial charge in [-0.3, -0.25) is 4.68 Å². The summed E-state index contributed by atoms with van der Waals surface area (Å²) in [6.45, 7) is 0.231. The van der Waals surface area contributed by atoms with Crippen LogP contribution in [0.4, 0.5) is 0 Å².